The Kier molecular flexibility index (Phi) is 5.41. The molecule has 1 atom stereocenters. The van der Waals surface area contributed by atoms with Crippen LogP contribution in [0.2, 0.25) is 5.02 Å². The van der Waals surface area contributed by atoms with Crippen molar-refractivity contribution >= 4 is 23.2 Å². The van der Waals surface area contributed by atoms with Crippen LogP contribution in [0.15, 0.2) is 29.4 Å². The average Bonchev–Trinajstić information content (AvgIpc) is 2.45. The molecule has 1 fully saturated rings. The highest BCUT2D eigenvalue weighted by molar-refractivity contribution is 6.30. The third-order valence-corrected chi connectivity index (χ3v) is 3.52. The second-order valence-electron chi connectivity index (χ2n) is 5.16. The summed E-state index contributed by atoms with van der Waals surface area (Å²) in [6, 6.07) is 6.89. The molecule has 1 aromatic rings. The molecule has 0 saturated heterocycles. The molecule has 108 valence electrons. The van der Waals surface area contributed by atoms with Crippen molar-refractivity contribution in [1.82, 2.24) is 5.43 Å². The second-order valence-corrected chi connectivity index (χ2v) is 5.59. The number of carbonyl (C=O) groups excluding carboxylic acids is 1. The average molecular weight is 295 g/mol. The monoisotopic (exact) mass is 294 g/mol. The Morgan fingerprint density at radius 3 is 2.90 bits per heavy atom. The third-order valence-electron chi connectivity index (χ3n) is 3.27. The predicted octanol–water partition coefficient (Wildman–Crippen LogP) is 3.40. The first-order valence-corrected chi connectivity index (χ1v) is 7.24. The molecular formula is C15H19ClN2O2. The molecule has 1 N–H and O–H groups in total. The van der Waals surface area contributed by atoms with Crippen molar-refractivity contribution in [3.05, 3.63) is 29.3 Å². The molecule has 0 aliphatic heterocycles. The van der Waals surface area contributed by atoms with Gasteiger partial charge in [-0.15, -0.1) is 0 Å². The van der Waals surface area contributed by atoms with Gasteiger partial charge in [-0.05, 0) is 55.9 Å². The van der Waals surface area contributed by atoms with Crippen molar-refractivity contribution < 1.29 is 9.53 Å². The third kappa shape index (κ3) is 4.85. The lowest BCUT2D eigenvalue weighted by molar-refractivity contribution is -0.123. The lowest BCUT2D eigenvalue weighted by Gasteiger charge is -2.18. The summed E-state index contributed by atoms with van der Waals surface area (Å²) in [5.74, 6) is 1.03. The summed E-state index contributed by atoms with van der Waals surface area (Å²) < 4.78 is 5.34. The van der Waals surface area contributed by atoms with Crippen LogP contribution in [0.5, 0.6) is 5.75 Å². The molecule has 0 aromatic heterocycles. The smallest absolute Gasteiger partial charge is 0.277 e. The van der Waals surface area contributed by atoms with E-state index in [1.807, 2.05) is 0 Å². The van der Waals surface area contributed by atoms with E-state index in [-0.39, 0.29) is 12.5 Å². The molecule has 2 rings (SSSR count). The number of benzene rings is 1. The molecule has 0 radical (unpaired) electrons. The van der Waals surface area contributed by atoms with Gasteiger partial charge in [-0.2, -0.15) is 5.10 Å². The standard InChI is InChI=1S/C15H19ClN2O2/c1-11-3-2-4-13(9-11)17-18-15(19)10-20-14-7-5-12(16)6-8-14/h5-8,11H,2-4,9-10H2,1H3,(H,18,19)/b17-13+. The lowest BCUT2D eigenvalue weighted by atomic mass is 9.89. The number of nitrogens with zero attached hydrogens (tertiary/aromatic N) is 1. The van der Waals surface area contributed by atoms with Crippen molar-refractivity contribution in [3.63, 3.8) is 0 Å². The topological polar surface area (TPSA) is 50.7 Å². The maximum Gasteiger partial charge on any atom is 0.277 e. The number of hydrogen-bond acceptors (Lipinski definition) is 3. The van der Waals surface area contributed by atoms with E-state index in [9.17, 15) is 4.79 Å². The van der Waals surface area contributed by atoms with E-state index < -0.39 is 0 Å². The summed E-state index contributed by atoms with van der Waals surface area (Å²) in [4.78, 5) is 11.6. The van der Waals surface area contributed by atoms with Gasteiger partial charge in [-0.1, -0.05) is 18.5 Å². The van der Waals surface area contributed by atoms with Gasteiger partial charge in [0.15, 0.2) is 6.61 Å². The van der Waals surface area contributed by atoms with Crippen LogP contribution in [-0.2, 0) is 4.79 Å². The molecule has 1 aliphatic carbocycles. The highest BCUT2D eigenvalue weighted by Crippen LogP contribution is 2.20. The largest absolute Gasteiger partial charge is 0.484 e. The molecule has 1 unspecified atom stereocenters. The fourth-order valence-electron chi connectivity index (χ4n) is 2.22. The normalized spacial score (nSPS) is 20.7. The summed E-state index contributed by atoms with van der Waals surface area (Å²) in [7, 11) is 0. The SMILES string of the molecule is CC1CCC/C(=N\NC(=O)COc2ccc(Cl)cc2)C1. The maximum absolute atomic E-state index is 11.6. The Morgan fingerprint density at radius 1 is 1.45 bits per heavy atom. The number of rotatable bonds is 4. The molecule has 5 heteroatoms. The van der Waals surface area contributed by atoms with E-state index in [0.29, 0.717) is 16.7 Å². The zero-order chi connectivity index (χ0) is 14.4. The van der Waals surface area contributed by atoms with Crippen LogP contribution in [0, 0.1) is 5.92 Å². The minimum Gasteiger partial charge on any atom is -0.484 e. The number of hydrogen-bond donors (Lipinski definition) is 1. The van der Waals surface area contributed by atoms with Crippen LogP contribution >= 0.6 is 11.6 Å². The Bertz CT molecular complexity index is 485. The molecule has 1 saturated carbocycles. The minimum absolute atomic E-state index is 0.0477. The van der Waals surface area contributed by atoms with Gasteiger partial charge in [-0.3, -0.25) is 4.79 Å². The van der Waals surface area contributed by atoms with Gasteiger partial charge in [0, 0.05) is 10.7 Å². The summed E-state index contributed by atoms with van der Waals surface area (Å²) in [6.45, 7) is 2.16. The van der Waals surface area contributed by atoms with Crippen LogP contribution < -0.4 is 10.2 Å². The first-order chi connectivity index (χ1) is 9.63. The number of carbonyl (C=O) groups is 1. The summed E-state index contributed by atoms with van der Waals surface area (Å²) in [5, 5.41) is 4.81. The molecule has 1 aromatic carbocycles. The highest BCUT2D eigenvalue weighted by Gasteiger charge is 2.14. The Morgan fingerprint density at radius 2 is 2.20 bits per heavy atom. The molecule has 0 spiro atoms. The fourth-order valence-corrected chi connectivity index (χ4v) is 2.34. The van der Waals surface area contributed by atoms with Crippen LogP contribution in [0.3, 0.4) is 0 Å². The van der Waals surface area contributed by atoms with E-state index in [0.717, 1.165) is 25.0 Å². The van der Waals surface area contributed by atoms with Crippen LogP contribution in [0.25, 0.3) is 0 Å². The van der Waals surface area contributed by atoms with Gasteiger partial charge in [-0.25, -0.2) is 5.43 Å². The van der Waals surface area contributed by atoms with E-state index in [4.69, 9.17) is 16.3 Å². The van der Waals surface area contributed by atoms with Gasteiger partial charge in [0.05, 0.1) is 0 Å². The number of amides is 1. The molecule has 1 amide bonds. The second kappa shape index (κ2) is 7.29. The maximum atomic E-state index is 11.6. The Balaban J connectivity index is 1.75. The Hall–Kier alpha value is -1.55. The molecule has 1 aliphatic rings. The number of ether oxygens (including phenoxy) is 1. The first kappa shape index (κ1) is 14.9. The number of nitrogens with one attached hydrogen (secondary N) is 1. The zero-order valence-electron chi connectivity index (χ0n) is 11.6. The minimum atomic E-state index is -0.245. The van der Waals surface area contributed by atoms with Crippen LogP contribution in [-0.4, -0.2) is 18.2 Å². The van der Waals surface area contributed by atoms with E-state index in [1.165, 1.54) is 6.42 Å². The van der Waals surface area contributed by atoms with Gasteiger partial charge < -0.3 is 4.74 Å². The number of halogens is 1. The summed E-state index contributed by atoms with van der Waals surface area (Å²) in [6.07, 6.45) is 4.34. The summed E-state index contributed by atoms with van der Waals surface area (Å²) >= 11 is 5.77. The predicted molar refractivity (Wildman–Crippen MR) is 80.2 cm³/mol. The van der Waals surface area contributed by atoms with Crippen LogP contribution in [0.1, 0.15) is 32.6 Å². The van der Waals surface area contributed by atoms with Gasteiger partial charge in [0.25, 0.3) is 5.91 Å². The van der Waals surface area contributed by atoms with Gasteiger partial charge in [0.1, 0.15) is 5.75 Å². The molecule has 20 heavy (non-hydrogen) atoms. The molecule has 0 bridgehead atoms. The van der Waals surface area contributed by atoms with E-state index >= 15 is 0 Å². The van der Waals surface area contributed by atoms with Crippen molar-refractivity contribution in [1.29, 1.82) is 0 Å². The number of hydrazone groups is 1. The fraction of sp³-hybridized carbons (Fsp3) is 0.467. The van der Waals surface area contributed by atoms with Crippen molar-refractivity contribution in [3.8, 4) is 5.75 Å². The van der Waals surface area contributed by atoms with Gasteiger partial charge in [0.2, 0.25) is 0 Å². The lowest BCUT2D eigenvalue weighted by Crippen LogP contribution is -2.26. The van der Waals surface area contributed by atoms with Gasteiger partial charge >= 0.3 is 0 Å². The van der Waals surface area contributed by atoms with Crippen molar-refractivity contribution in [2.45, 2.75) is 32.6 Å². The van der Waals surface area contributed by atoms with E-state index in [1.54, 1.807) is 24.3 Å². The highest BCUT2D eigenvalue weighted by atomic mass is 35.5. The zero-order valence-corrected chi connectivity index (χ0v) is 12.3. The van der Waals surface area contributed by atoms with E-state index in [2.05, 4.69) is 17.5 Å². The van der Waals surface area contributed by atoms with Crippen molar-refractivity contribution in [2.24, 2.45) is 11.0 Å². The Labute approximate surface area is 124 Å². The molecule has 0 heterocycles. The van der Waals surface area contributed by atoms with Crippen LogP contribution in [0.4, 0.5) is 0 Å². The van der Waals surface area contributed by atoms with Crippen molar-refractivity contribution in [2.75, 3.05) is 6.61 Å². The molecular weight excluding hydrogens is 276 g/mol. The summed E-state index contributed by atoms with van der Waals surface area (Å²) in [5.41, 5.74) is 3.63. The molecule has 4 nitrogen and oxygen atoms in total. The first-order valence-electron chi connectivity index (χ1n) is 6.86. The quantitative estimate of drug-likeness (QED) is 0.865.